The second kappa shape index (κ2) is 6.47. The second-order valence-corrected chi connectivity index (χ2v) is 4.61. The third-order valence-corrected chi connectivity index (χ3v) is 2.59. The molecule has 0 aliphatic heterocycles. The molecule has 1 N–H and O–H groups in total. The molecule has 0 bridgehead atoms. The van der Waals surface area contributed by atoms with E-state index in [0.29, 0.717) is 5.69 Å². The Bertz CT molecular complexity index is 530. The topological polar surface area (TPSA) is 60.9 Å². The maximum absolute atomic E-state index is 12.4. The van der Waals surface area contributed by atoms with Crippen molar-refractivity contribution in [3.8, 4) is 0 Å². The third kappa shape index (κ3) is 5.33. The predicted molar refractivity (Wildman–Crippen MR) is 70.4 cm³/mol. The number of aliphatic carboxylic acids is 1. The molecule has 0 spiro atoms. The lowest BCUT2D eigenvalue weighted by Gasteiger charge is -2.23. The molecule has 1 aromatic rings. The van der Waals surface area contributed by atoms with Crippen LogP contribution in [0.3, 0.4) is 0 Å². The number of halogens is 3. The summed E-state index contributed by atoms with van der Waals surface area (Å²) in [6, 6.07) is 5.96. The summed E-state index contributed by atoms with van der Waals surface area (Å²) in [6.45, 7) is -2.62. The van der Waals surface area contributed by atoms with Gasteiger partial charge in [-0.3, -0.25) is 9.59 Å². The van der Waals surface area contributed by atoms with Crippen molar-refractivity contribution in [1.82, 2.24) is 4.90 Å². The van der Waals surface area contributed by atoms with E-state index in [2.05, 4.69) is 0 Å². The normalized spacial score (nSPS) is 11.1. The van der Waals surface area contributed by atoms with Crippen molar-refractivity contribution in [3.05, 3.63) is 29.8 Å². The van der Waals surface area contributed by atoms with Crippen molar-refractivity contribution in [2.75, 3.05) is 32.1 Å². The maximum atomic E-state index is 12.4. The number of hydrogen-bond donors (Lipinski definition) is 1. The summed E-state index contributed by atoms with van der Waals surface area (Å²) < 4.78 is 37.3. The lowest BCUT2D eigenvalue weighted by molar-refractivity contribution is -0.149. The fraction of sp³-hybridized carbons (Fsp3) is 0.385. The molecule has 0 heterocycles. The van der Waals surface area contributed by atoms with Crippen LogP contribution in [0.1, 0.15) is 10.4 Å². The first-order chi connectivity index (χ1) is 9.60. The van der Waals surface area contributed by atoms with Gasteiger partial charge in [-0.1, -0.05) is 6.07 Å². The zero-order chi connectivity index (χ0) is 16.2. The molecule has 0 fully saturated rings. The molecule has 0 aliphatic carbocycles. The van der Waals surface area contributed by atoms with E-state index in [1.54, 1.807) is 25.1 Å². The fourth-order valence-electron chi connectivity index (χ4n) is 1.68. The van der Waals surface area contributed by atoms with Gasteiger partial charge in [-0.15, -0.1) is 0 Å². The van der Waals surface area contributed by atoms with E-state index in [1.807, 2.05) is 0 Å². The molecule has 1 aromatic carbocycles. The SMILES string of the molecule is CN(C)c1cccc(C(=O)N(CC(=O)O)CC(F)(F)F)c1. The highest BCUT2D eigenvalue weighted by Crippen LogP contribution is 2.20. The zero-order valence-electron chi connectivity index (χ0n) is 11.5. The first-order valence-corrected chi connectivity index (χ1v) is 5.95. The Morgan fingerprint density at radius 3 is 2.33 bits per heavy atom. The summed E-state index contributed by atoms with van der Waals surface area (Å²) in [5.41, 5.74) is 0.634. The summed E-state index contributed by atoms with van der Waals surface area (Å²) in [5, 5.41) is 8.65. The first kappa shape index (κ1) is 16.8. The molecule has 0 aromatic heterocycles. The number of benzene rings is 1. The number of carboxylic acid groups (broad SMARTS) is 1. The minimum atomic E-state index is -4.66. The molecule has 0 atom stereocenters. The van der Waals surface area contributed by atoms with E-state index in [0.717, 1.165) is 0 Å². The number of amides is 1. The van der Waals surface area contributed by atoms with Crippen molar-refractivity contribution < 1.29 is 27.9 Å². The number of nitrogens with zero attached hydrogens (tertiary/aromatic N) is 2. The Balaban J connectivity index is 3.04. The quantitative estimate of drug-likeness (QED) is 0.902. The highest BCUT2D eigenvalue weighted by molar-refractivity contribution is 5.96. The van der Waals surface area contributed by atoms with Crippen molar-refractivity contribution in [1.29, 1.82) is 0 Å². The number of carbonyl (C=O) groups excluding carboxylic acids is 1. The largest absolute Gasteiger partial charge is 0.480 e. The lowest BCUT2D eigenvalue weighted by atomic mass is 10.1. The van der Waals surface area contributed by atoms with Gasteiger partial charge >= 0.3 is 12.1 Å². The van der Waals surface area contributed by atoms with Gasteiger partial charge in [0.15, 0.2) is 0 Å². The first-order valence-electron chi connectivity index (χ1n) is 5.95. The van der Waals surface area contributed by atoms with Crippen LogP contribution in [-0.2, 0) is 4.79 Å². The highest BCUT2D eigenvalue weighted by Gasteiger charge is 2.34. The van der Waals surface area contributed by atoms with Gasteiger partial charge < -0.3 is 14.9 Å². The van der Waals surface area contributed by atoms with Crippen LogP contribution in [-0.4, -0.2) is 55.2 Å². The Morgan fingerprint density at radius 1 is 1.24 bits per heavy atom. The van der Waals surface area contributed by atoms with Gasteiger partial charge in [0, 0.05) is 25.3 Å². The highest BCUT2D eigenvalue weighted by atomic mass is 19.4. The predicted octanol–water partition coefficient (Wildman–Crippen LogP) is 1.84. The van der Waals surface area contributed by atoms with Crippen molar-refractivity contribution in [3.63, 3.8) is 0 Å². The third-order valence-electron chi connectivity index (χ3n) is 2.59. The smallest absolute Gasteiger partial charge is 0.406 e. The van der Waals surface area contributed by atoms with E-state index in [1.165, 1.54) is 18.2 Å². The second-order valence-electron chi connectivity index (χ2n) is 4.61. The molecule has 5 nitrogen and oxygen atoms in total. The van der Waals surface area contributed by atoms with Crippen molar-refractivity contribution in [2.24, 2.45) is 0 Å². The van der Waals surface area contributed by atoms with E-state index >= 15 is 0 Å². The number of rotatable bonds is 5. The Morgan fingerprint density at radius 2 is 1.86 bits per heavy atom. The van der Waals surface area contributed by atoms with Gasteiger partial charge in [0.05, 0.1) is 0 Å². The molecule has 1 amide bonds. The van der Waals surface area contributed by atoms with Gasteiger partial charge in [0.25, 0.3) is 5.91 Å². The van der Waals surface area contributed by atoms with Crippen molar-refractivity contribution in [2.45, 2.75) is 6.18 Å². The minimum Gasteiger partial charge on any atom is -0.480 e. The zero-order valence-corrected chi connectivity index (χ0v) is 11.5. The summed E-state index contributed by atoms with van der Waals surface area (Å²) in [7, 11) is 3.43. The molecule has 0 radical (unpaired) electrons. The van der Waals surface area contributed by atoms with E-state index in [9.17, 15) is 22.8 Å². The monoisotopic (exact) mass is 304 g/mol. The number of alkyl halides is 3. The van der Waals surface area contributed by atoms with Gasteiger partial charge in [0.1, 0.15) is 13.1 Å². The summed E-state index contributed by atoms with van der Waals surface area (Å²) in [5.74, 6) is -2.48. The van der Waals surface area contributed by atoms with Crippen LogP contribution in [0.25, 0.3) is 0 Å². The molecule has 8 heteroatoms. The molecule has 0 saturated carbocycles. The Hall–Kier alpha value is -2.25. The van der Waals surface area contributed by atoms with Gasteiger partial charge in [-0.05, 0) is 18.2 Å². The van der Waals surface area contributed by atoms with E-state index in [-0.39, 0.29) is 10.5 Å². The van der Waals surface area contributed by atoms with Crippen LogP contribution in [0.5, 0.6) is 0 Å². The summed E-state index contributed by atoms with van der Waals surface area (Å²) >= 11 is 0. The summed E-state index contributed by atoms with van der Waals surface area (Å²) in [4.78, 5) is 24.7. The molecule has 0 aliphatic rings. The Labute approximate surface area is 119 Å². The fourth-order valence-corrected chi connectivity index (χ4v) is 1.68. The van der Waals surface area contributed by atoms with Crippen molar-refractivity contribution >= 4 is 17.6 Å². The average molecular weight is 304 g/mol. The van der Waals surface area contributed by atoms with Crippen LogP contribution < -0.4 is 4.90 Å². The van der Waals surface area contributed by atoms with Crippen LogP contribution in [0.15, 0.2) is 24.3 Å². The van der Waals surface area contributed by atoms with Crippen LogP contribution in [0.2, 0.25) is 0 Å². The number of anilines is 1. The minimum absolute atomic E-state index is 0.00620. The molecular formula is C13H15F3N2O3. The molecule has 0 saturated heterocycles. The van der Waals surface area contributed by atoms with Crippen LogP contribution in [0.4, 0.5) is 18.9 Å². The molecule has 0 unspecified atom stereocenters. The maximum Gasteiger partial charge on any atom is 0.406 e. The van der Waals surface area contributed by atoms with Crippen LogP contribution in [0, 0.1) is 0 Å². The molecular weight excluding hydrogens is 289 g/mol. The Kier molecular flexibility index (Phi) is 5.17. The van der Waals surface area contributed by atoms with E-state index < -0.39 is 31.1 Å². The van der Waals surface area contributed by atoms with Crippen LogP contribution >= 0.6 is 0 Å². The molecule has 21 heavy (non-hydrogen) atoms. The number of hydrogen-bond acceptors (Lipinski definition) is 3. The average Bonchev–Trinajstić information content (AvgIpc) is 2.35. The summed E-state index contributed by atoms with van der Waals surface area (Å²) in [6.07, 6.45) is -4.66. The number of carboxylic acids is 1. The molecule has 116 valence electrons. The van der Waals surface area contributed by atoms with E-state index in [4.69, 9.17) is 5.11 Å². The number of carbonyl (C=O) groups is 2. The lowest BCUT2D eigenvalue weighted by Crippen LogP contribution is -2.42. The van der Waals surface area contributed by atoms with Gasteiger partial charge in [-0.2, -0.15) is 13.2 Å². The van der Waals surface area contributed by atoms with Gasteiger partial charge in [-0.25, -0.2) is 0 Å². The molecule has 1 rings (SSSR count). The standard InChI is InChI=1S/C13H15F3N2O3/c1-17(2)10-5-3-4-9(6-10)12(21)18(7-11(19)20)8-13(14,15)16/h3-6H,7-8H2,1-2H3,(H,19,20). The van der Waals surface area contributed by atoms with Gasteiger partial charge in [0.2, 0.25) is 0 Å².